The van der Waals surface area contributed by atoms with E-state index in [-0.39, 0.29) is 12.2 Å². The molecular formula is C20H13Cl2NO3. The lowest BCUT2D eigenvalue weighted by atomic mass is 9.93. The van der Waals surface area contributed by atoms with Crippen LogP contribution in [0.25, 0.3) is 0 Å². The summed E-state index contributed by atoms with van der Waals surface area (Å²) < 4.78 is 12.3. The molecule has 0 aliphatic carbocycles. The Bertz CT molecular complexity index is 961. The van der Waals surface area contributed by atoms with E-state index in [1.807, 2.05) is 30.3 Å². The third-order valence-electron chi connectivity index (χ3n) is 4.09. The van der Waals surface area contributed by atoms with E-state index in [1.54, 1.807) is 30.3 Å². The Hall–Kier alpha value is -2.56. The van der Waals surface area contributed by atoms with Crippen LogP contribution in [0.4, 0.5) is 0 Å². The van der Waals surface area contributed by atoms with Gasteiger partial charge in [-0.05, 0) is 24.3 Å². The maximum atomic E-state index is 12.8. The van der Waals surface area contributed by atoms with E-state index in [1.165, 1.54) is 6.20 Å². The molecule has 1 atom stereocenters. The number of Topliss-reactive ketones (excluding diaryl/α,β-unsaturated/α-hetero) is 1. The van der Waals surface area contributed by atoms with Gasteiger partial charge in [0, 0.05) is 22.8 Å². The van der Waals surface area contributed by atoms with Crippen molar-refractivity contribution in [2.45, 2.75) is 12.2 Å². The topological polar surface area (TPSA) is 48.4 Å². The summed E-state index contributed by atoms with van der Waals surface area (Å²) in [5, 5.41) is 0.972. The molecule has 130 valence electrons. The van der Waals surface area contributed by atoms with Gasteiger partial charge in [0.25, 0.3) is 5.79 Å². The van der Waals surface area contributed by atoms with Gasteiger partial charge >= 0.3 is 0 Å². The zero-order chi connectivity index (χ0) is 18.1. The van der Waals surface area contributed by atoms with E-state index < -0.39 is 5.79 Å². The van der Waals surface area contributed by atoms with Crippen molar-refractivity contribution >= 4 is 29.0 Å². The van der Waals surface area contributed by atoms with Crippen molar-refractivity contribution in [3.05, 3.63) is 88.0 Å². The third-order valence-corrected chi connectivity index (χ3v) is 4.55. The Kier molecular flexibility index (Phi) is 4.31. The minimum absolute atomic E-state index is 0.00530. The number of carbonyl (C=O) groups excluding carboxylic acids is 1. The lowest BCUT2D eigenvalue weighted by Crippen LogP contribution is -2.44. The molecule has 0 bridgehead atoms. The normalized spacial score (nSPS) is 18.8. The molecule has 1 aliphatic rings. The van der Waals surface area contributed by atoms with Crippen LogP contribution in [-0.2, 0) is 5.79 Å². The molecule has 2 heterocycles. The number of ketones is 1. The van der Waals surface area contributed by atoms with Gasteiger partial charge < -0.3 is 9.47 Å². The van der Waals surface area contributed by atoms with Crippen molar-refractivity contribution in [3.63, 3.8) is 0 Å². The summed E-state index contributed by atoms with van der Waals surface area (Å²) in [6, 6.07) is 17.6. The highest BCUT2D eigenvalue weighted by Gasteiger charge is 2.45. The van der Waals surface area contributed by atoms with Crippen molar-refractivity contribution < 1.29 is 14.3 Å². The molecule has 26 heavy (non-hydrogen) atoms. The molecule has 6 heteroatoms. The summed E-state index contributed by atoms with van der Waals surface area (Å²) in [6.07, 6.45) is 1.47. The fourth-order valence-electron chi connectivity index (χ4n) is 2.89. The van der Waals surface area contributed by atoms with Crippen LogP contribution in [0, 0.1) is 0 Å². The number of carbonyl (C=O) groups is 1. The zero-order valence-electron chi connectivity index (χ0n) is 13.5. The van der Waals surface area contributed by atoms with Gasteiger partial charge in [-0.3, -0.25) is 4.79 Å². The summed E-state index contributed by atoms with van der Waals surface area (Å²) >= 11 is 11.9. The van der Waals surface area contributed by atoms with Crippen LogP contribution in [-0.4, -0.2) is 10.8 Å². The summed E-state index contributed by atoms with van der Waals surface area (Å²) in [4.78, 5) is 17.0. The van der Waals surface area contributed by atoms with Gasteiger partial charge in [-0.25, -0.2) is 4.98 Å². The lowest BCUT2D eigenvalue weighted by molar-refractivity contribution is -0.127. The average molecular weight is 386 g/mol. The minimum atomic E-state index is -1.32. The van der Waals surface area contributed by atoms with Crippen LogP contribution in [0.5, 0.6) is 11.6 Å². The number of hydrogen-bond acceptors (Lipinski definition) is 4. The van der Waals surface area contributed by atoms with E-state index in [9.17, 15) is 4.79 Å². The molecule has 0 saturated heterocycles. The Morgan fingerprint density at radius 1 is 1.00 bits per heavy atom. The highest BCUT2D eigenvalue weighted by atomic mass is 35.5. The molecule has 0 radical (unpaired) electrons. The van der Waals surface area contributed by atoms with Crippen molar-refractivity contribution in [1.29, 1.82) is 0 Å². The van der Waals surface area contributed by atoms with Crippen molar-refractivity contribution in [1.82, 2.24) is 4.98 Å². The second kappa shape index (κ2) is 6.63. The highest BCUT2D eigenvalue weighted by Crippen LogP contribution is 2.41. The van der Waals surface area contributed by atoms with Crippen molar-refractivity contribution in [2.24, 2.45) is 0 Å². The number of aromatic nitrogens is 1. The Morgan fingerprint density at radius 2 is 1.77 bits per heavy atom. The fraction of sp³-hybridized carbons (Fsp3) is 0.100. The van der Waals surface area contributed by atoms with Gasteiger partial charge in [-0.1, -0.05) is 53.5 Å². The molecule has 0 fully saturated rings. The standard InChI is InChI=1S/C20H13Cl2NO3/c21-14-6-8-18-16(10-14)17(24)11-20(25-18,13-4-2-1-3-5-13)26-19-9-7-15(22)12-23-19/h1-10,12H,11H2. The number of fused-ring (bicyclic) bond motifs is 1. The number of rotatable bonds is 3. The molecule has 0 amide bonds. The molecule has 1 aliphatic heterocycles. The molecule has 1 aromatic heterocycles. The monoisotopic (exact) mass is 385 g/mol. The maximum Gasteiger partial charge on any atom is 0.286 e. The van der Waals surface area contributed by atoms with Crippen LogP contribution in [0.1, 0.15) is 22.3 Å². The first-order chi connectivity index (χ1) is 12.6. The number of halogens is 2. The van der Waals surface area contributed by atoms with Gasteiger partial charge in [0.2, 0.25) is 5.88 Å². The van der Waals surface area contributed by atoms with Crippen LogP contribution >= 0.6 is 23.2 Å². The number of ether oxygens (including phenoxy) is 2. The molecule has 2 aromatic carbocycles. The molecule has 4 rings (SSSR count). The van der Waals surface area contributed by atoms with Crippen LogP contribution in [0.15, 0.2) is 66.9 Å². The first-order valence-corrected chi connectivity index (χ1v) is 8.69. The maximum absolute atomic E-state index is 12.8. The van der Waals surface area contributed by atoms with Gasteiger partial charge in [-0.2, -0.15) is 0 Å². The number of pyridine rings is 1. The molecule has 0 N–H and O–H groups in total. The molecule has 4 nitrogen and oxygen atoms in total. The van der Waals surface area contributed by atoms with Crippen LogP contribution in [0.2, 0.25) is 10.0 Å². The number of nitrogens with zero attached hydrogens (tertiary/aromatic N) is 1. The summed E-state index contributed by atoms with van der Waals surface area (Å²) in [5.41, 5.74) is 1.16. The molecule has 1 unspecified atom stereocenters. The summed E-state index contributed by atoms with van der Waals surface area (Å²) in [7, 11) is 0. The smallest absolute Gasteiger partial charge is 0.286 e. The predicted molar refractivity (Wildman–Crippen MR) is 99.0 cm³/mol. The van der Waals surface area contributed by atoms with Crippen LogP contribution in [0.3, 0.4) is 0 Å². The third kappa shape index (κ3) is 3.14. The van der Waals surface area contributed by atoms with Gasteiger partial charge in [0.15, 0.2) is 5.78 Å². The second-order valence-corrected chi connectivity index (χ2v) is 6.75. The molecule has 0 spiro atoms. The second-order valence-electron chi connectivity index (χ2n) is 5.88. The van der Waals surface area contributed by atoms with E-state index in [2.05, 4.69) is 4.98 Å². The van der Waals surface area contributed by atoms with E-state index in [4.69, 9.17) is 32.7 Å². The number of hydrogen-bond donors (Lipinski definition) is 0. The number of benzene rings is 2. The largest absolute Gasteiger partial charge is 0.447 e. The lowest BCUT2D eigenvalue weighted by Gasteiger charge is -2.37. The molecule has 0 saturated carbocycles. The first-order valence-electron chi connectivity index (χ1n) is 7.94. The highest BCUT2D eigenvalue weighted by molar-refractivity contribution is 6.31. The first kappa shape index (κ1) is 16.9. The quantitative estimate of drug-likeness (QED) is 0.614. The Labute approximate surface area is 160 Å². The van der Waals surface area contributed by atoms with Gasteiger partial charge in [0.05, 0.1) is 17.0 Å². The van der Waals surface area contributed by atoms with Crippen molar-refractivity contribution in [3.8, 4) is 11.6 Å². The van der Waals surface area contributed by atoms with E-state index in [0.717, 1.165) is 0 Å². The van der Waals surface area contributed by atoms with Crippen LogP contribution < -0.4 is 9.47 Å². The van der Waals surface area contributed by atoms with Crippen molar-refractivity contribution in [2.75, 3.05) is 0 Å². The zero-order valence-corrected chi connectivity index (χ0v) is 15.0. The predicted octanol–water partition coefficient (Wildman–Crippen LogP) is 5.29. The fourth-order valence-corrected chi connectivity index (χ4v) is 3.17. The average Bonchev–Trinajstić information content (AvgIpc) is 2.65. The SMILES string of the molecule is O=C1CC(Oc2ccc(Cl)cn2)(c2ccccc2)Oc2ccc(Cl)cc21. The Morgan fingerprint density at radius 3 is 2.50 bits per heavy atom. The summed E-state index contributed by atoms with van der Waals surface area (Å²) in [5.74, 6) is -0.710. The molecular weight excluding hydrogens is 373 g/mol. The van der Waals surface area contributed by atoms with E-state index >= 15 is 0 Å². The summed E-state index contributed by atoms with van der Waals surface area (Å²) in [6.45, 7) is 0. The Balaban J connectivity index is 1.81. The van der Waals surface area contributed by atoms with Gasteiger partial charge in [-0.15, -0.1) is 0 Å². The van der Waals surface area contributed by atoms with Gasteiger partial charge in [0.1, 0.15) is 5.75 Å². The molecule has 3 aromatic rings. The minimum Gasteiger partial charge on any atom is -0.447 e. The van der Waals surface area contributed by atoms with E-state index in [0.29, 0.717) is 32.8 Å².